The average Bonchev–Trinajstić information content (AvgIpc) is 2.95. The number of benzene rings is 2. The molecule has 3 nitrogen and oxygen atoms in total. The molecule has 102 valence electrons. The maximum Gasteiger partial charge on any atom is 0.313 e. The van der Waals surface area contributed by atoms with E-state index in [0.717, 1.165) is 29.5 Å². The maximum atomic E-state index is 5.69. The van der Waals surface area contributed by atoms with Crippen molar-refractivity contribution in [3.8, 4) is 17.2 Å². The number of nitrogens with zero attached hydrogens (tertiary/aromatic N) is 1. The number of oxazole rings is 1. The number of unbranched alkanes of at least 4 members (excludes halogenated alkanes) is 1. The molecule has 3 rings (SSSR count). The standard InChI is InChI=1S/C17H17NO2/c1-2-3-11-19-17-16(18-12-20-17)15-10-6-8-13-7-4-5-9-14(13)15/h4-10,12H,2-3,11H2,1H3. The van der Waals surface area contributed by atoms with Crippen LogP contribution in [0.1, 0.15) is 19.8 Å². The molecule has 0 unspecified atom stereocenters. The summed E-state index contributed by atoms with van der Waals surface area (Å²) < 4.78 is 11.1. The summed E-state index contributed by atoms with van der Waals surface area (Å²) in [4.78, 5) is 4.32. The van der Waals surface area contributed by atoms with Crippen molar-refractivity contribution in [3.05, 3.63) is 48.9 Å². The van der Waals surface area contributed by atoms with E-state index < -0.39 is 0 Å². The zero-order chi connectivity index (χ0) is 13.8. The number of ether oxygens (including phenoxy) is 1. The van der Waals surface area contributed by atoms with Crippen LogP contribution in [0.3, 0.4) is 0 Å². The van der Waals surface area contributed by atoms with Crippen molar-refractivity contribution >= 4 is 10.8 Å². The molecule has 2 aromatic carbocycles. The Hall–Kier alpha value is -2.29. The van der Waals surface area contributed by atoms with E-state index in [1.807, 2.05) is 24.3 Å². The molecule has 0 saturated carbocycles. The normalized spacial score (nSPS) is 10.8. The molecule has 0 saturated heterocycles. The molecule has 1 heterocycles. The molecule has 0 bridgehead atoms. The van der Waals surface area contributed by atoms with E-state index in [0.29, 0.717) is 12.6 Å². The molecule has 0 aliphatic carbocycles. The van der Waals surface area contributed by atoms with Gasteiger partial charge in [-0.15, -0.1) is 0 Å². The van der Waals surface area contributed by atoms with Crippen LogP contribution in [0.5, 0.6) is 5.95 Å². The molecule has 0 amide bonds. The largest absolute Gasteiger partial charge is 0.464 e. The first-order valence-electron chi connectivity index (χ1n) is 6.94. The number of hydrogen-bond acceptors (Lipinski definition) is 3. The molecule has 0 aliphatic heterocycles. The molecular formula is C17H17NO2. The molecule has 3 heteroatoms. The predicted molar refractivity (Wildman–Crippen MR) is 79.8 cm³/mol. The van der Waals surface area contributed by atoms with Crippen molar-refractivity contribution < 1.29 is 9.15 Å². The van der Waals surface area contributed by atoms with Gasteiger partial charge in [0.05, 0.1) is 6.61 Å². The van der Waals surface area contributed by atoms with Gasteiger partial charge in [0.15, 0.2) is 12.1 Å². The van der Waals surface area contributed by atoms with Crippen molar-refractivity contribution in [2.75, 3.05) is 6.61 Å². The van der Waals surface area contributed by atoms with Gasteiger partial charge < -0.3 is 9.15 Å². The smallest absolute Gasteiger partial charge is 0.313 e. The monoisotopic (exact) mass is 267 g/mol. The summed E-state index contributed by atoms with van der Waals surface area (Å²) in [5.41, 5.74) is 1.82. The molecule has 3 aromatic rings. The van der Waals surface area contributed by atoms with Gasteiger partial charge in [-0.05, 0) is 17.2 Å². The Morgan fingerprint density at radius 1 is 1.10 bits per heavy atom. The van der Waals surface area contributed by atoms with Gasteiger partial charge in [0.2, 0.25) is 0 Å². The van der Waals surface area contributed by atoms with Crippen molar-refractivity contribution in [2.24, 2.45) is 0 Å². The number of fused-ring (bicyclic) bond motifs is 1. The van der Waals surface area contributed by atoms with Gasteiger partial charge in [-0.25, -0.2) is 4.98 Å². The minimum atomic E-state index is 0.509. The molecular weight excluding hydrogens is 250 g/mol. The second-order valence-corrected chi connectivity index (χ2v) is 4.72. The SMILES string of the molecule is CCCCOc1ocnc1-c1cccc2ccccc12. The summed E-state index contributed by atoms with van der Waals surface area (Å²) in [7, 11) is 0. The third-order valence-electron chi connectivity index (χ3n) is 3.31. The van der Waals surface area contributed by atoms with Crippen molar-refractivity contribution in [1.29, 1.82) is 0 Å². The summed E-state index contributed by atoms with van der Waals surface area (Å²) in [5.74, 6) is 0.509. The fourth-order valence-electron chi connectivity index (χ4n) is 2.26. The van der Waals surface area contributed by atoms with Crippen molar-refractivity contribution in [3.63, 3.8) is 0 Å². The highest BCUT2D eigenvalue weighted by atomic mass is 16.6. The second kappa shape index (κ2) is 5.78. The van der Waals surface area contributed by atoms with Crippen molar-refractivity contribution in [1.82, 2.24) is 4.98 Å². The van der Waals surface area contributed by atoms with Gasteiger partial charge in [0, 0.05) is 5.56 Å². The molecule has 0 aliphatic rings. The molecule has 0 N–H and O–H groups in total. The quantitative estimate of drug-likeness (QED) is 0.630. The Morgan fingerprint density at radius 3 is 2.85 bits per heavy atom. The fourth-order valence-corrected chi connectivity index (χ4v) is 2.26. The van der Waals surface area contributed by atoms with Crippen LogP contribution < -0.4 is 4.74 Å². The Bertz CT molecular complexity index is 698. The lowest BCUT2D eigenvalue weighted by molar-refractivity contribution is 0.239. The number of rotatable bonds is 5. The minimum absolute atomic E-state index is 0.509. The highest BCUT2D eigenvalue weighted by Gasteiger charge is 2.14. The van der Waals surface area contributed by atoms with Crippen LogP contribution >= 0.6 is 0 Å². The van der Waals surface area contributed by atoms with Crippen LogP contribution in [-0.2, 0) is 0 Å². The fraction of sp³-hybridized carbons (Fsp3) is 0.235. The third kappa shape index (κ3) is 2.39. The van der Waals surface area contributed by atoms with Gasteiger partial charge in [0.25, 0.3) is 0 Å². The first-order chi connectivity index (χ1) is 9.90. The van der Waals surface area contributed by atoms with E-state index in [9.17, 15) is 0 Å². The zero-order valence-electron chi connectivity index (χ0n) is 11.5. The maximum absolute atomic E-state index is 5.69. The van der Waals surface area contributed by atoms with Gasteiger partial charge in [-0.1, -0.05) is 55.8 Å². The lowest BCUT2D eigenvalue weighted by atomic mass is 10.0. The highest BCUT2D eigenvalue weighted by molar-refractivity contribution is 5.96. The number of hydrogen-bond donors (Lipinski definition) is 0. The molecule has 20 heavy (non-hydrogen) atoms. The lowest BCUT2D eigenvalue weighted by Gasteiger charge is -2.06. The molecule has 0 atom stereocenters. The summed E-state index contributed by atoms with van der Waals surface area (Å²) in [6.07, 6.45) is 3.55. The minimum Gasteiger partial charge on any atom is -0.464 e. The van der Waals surface area contributed by atoms with Gasteiger partial charge in [-0.3, -0.25) is 0 Å². The topological polar surface area (TPSA) is 35.3 Å². The van der Waals surface area contributed by atoms with Crippen LogP contribution in [0.4, 0.5) is 0 Å². The van der Waals surface area contributed by atoms with Gasteiger partial charge in [-0.2, -0.15) is 0 Å². The van der Waals surface area contributed by atoms with Crippen LogP contribution in [-0.4, -0.2) is 11.6 Å². The Kier molecular flexibility index (Phi) is 3.68. The number of aromatic nitrogens is 1. The molecule has 0 spiro atoms. The van der Waals surface area contributed by atoms with Crippen LogP contribution in [0, 0.1) is 0 Å². The second-order valence-electron chi connectivity index (χ2n) is 4.72. The van der Waals surface area contributed by atoms with E-state index in [-0.39, 0.29) is 0 Å². The molecule has 0 fully saturated rings. The molecule has 1 aromatic heterocycles. The summed E-state index contributed by atoms with van der Waals surface area (Å²) >= 11 is 0. The first kappa shape index (κ1) is 12.7. The zero-order valence-corrected chi connectivity index (χ0v) is 11.5. The van der Waals surface area contributed by atoms with Crippen LogP contribution in [0.2, 0.25) is 0 Å². The summed E-state index contributed by atoms with van der Waals surface area (Å²) in [5, 5.41) is 2.34. The van der Waals surface area contributed by atoms with E-state index in [1.165, 1.54) is 11.8 Å². The Balaban J connectivity index is 2.01. The highest BCUT2D eigenvalue weighted by Crippen LogP contribution is 2.33. The lowest BCUT2D eigenvalue weighted by Crippen LogP contribution is -1.96. The predicted octanol–water partition coefficient (Wildman–Crippen LogP) is 4.67. The van der Waals surface area contributed by atoms with E-state index >= 15 is 0 Å². The Morgan fingerprint density at radius 2 is 1.95 bits per heavy atom. The van der Waals surface area contributed by atoms with Crippen LogP contribution in [0.15, 0.2) is 53.3 Å². The third-order valence-corrected chi connectivity index (χ3v) is 3.31. The van der Waals surface area contributed by atoms with E-state index in [1.54, 1.807) is 0 Å². The van der Waals surface area contributed by atoms with Gasteiger partial charge in [0.1, 0.15) is 0 Å². The summed E-state index contributed by atoms with van der Waals surface area (Å²) in [6, 6.07) is 14.4. The average molecular weight is 267 g/mol. The van der Waals surface area contributed by atoms with Crippen molar-refractivity contribution in [2.45, 2.75) is 19.8 Å². The Labute approximate surface area is 118 Å². The first-order valence-corrected chi connectivity index (χ1v) is 6.94. The summed E-state index contributed by atoms with van der Waals surface area (Å²) in [6.45, 7) is 2.79. The molecule has 0 radical (unpaired) electrons. The van der Waals surface area contributed by atoms with E-state index in [4.69, 9.17) is 9.15 Å². The van der Waals surface area contributed by atoms with Gasteiger partial charge >= 0.3 is 5.95 Å². The van der Waals surface area contributed by atoms with Crippen LogP contribution in [0.25, 0.3) is 22.0 Å². The van der Waals surface area contributed by atoms with E-state index in [2.05, 4.69) is 30.1 Å².